The molecule has 0 aliphatic carbocycles. The van der Waals surface area contributed by atoms with Gasteiger partial charge in [-0.05, 0) is 31.9 Å². The number of piperazine rings is 1. The van der Waals surface area contributed by atoms with Gasteiger partial charge in [-0.2, -0.15) is 0 Å². The van der Waals surface area contributed by atoms with Crippen molar-refractivity contribution in [2.24, 2.45) is 7.05 Å². The summed E-state index contributed by atoms with van der Waals surface area (Å²) in [6, 6.07) is 9.54. The molecule has 1 N–H and O–H groups in total. The van der Waals surface area contributed by atoms with E-state index in [4.69, 9.17) is 0 Å². The summed E-state index contributed by atoms with van der Waals surface area (Å²) in [5, 5.41) is 3.36. The number of amides is 1. The van der Waals surface area contributed by atoms with Gasteiger partial charge in [0, 0.05) is 52.0 Å². The van der Waals surface area contributed by atoms with Crippen molar-refractivity contribution in [3.8, 4) is 5.69 Å². The molecule has 4 rings (SSSR count). The molecule has 7 heteroatoms. The molecule has 0 spiro atoms. The van der Waals surface area contributed by atoms with E-state index >= 15 is 0 Å². The zero-order valence-electron chi connectivity index (χ0n) is 16.7. The predicted molar refractivity (Wildman–Crippen MR) is 109 cm³/mol. The number of hydrogen-bond donors (Lipinski definition) is 1. The highest BCUT2D eigenvalue weighted by Crippen LogP contribution is 2.15. The first-order valence-electron chi connectivity index (χ1n) is 10.1. The number of nitrogens with one attached hydrogen (secondary N) is 1. The van der Waals surface area contributed by atoms with Gasteiger partial charge in [-0.15, -0.1) is 0 Å². The highest BCUT2D eigenvalue weighted by Gasteiger charge is 2.31. The Hall–Kier alpha value is -2.38. The zero-order valence-corrected chi connectivity index (χ0v) is 16.7. The van der Waals surface area contributed by atoms with Crippen molar-refractivity contribution in [3.63, 3.8) is 0 Å². The second-order valence-corrected chi connectivity index (χ2v) is 7.81. The molecule has 1 aromatic heterocycles. The lowest BCUT2D eigenvalue weighted by Crippen LogP contribution is -2.57. The summed E-state index contributed by atoms with van der Waals surface area (Å²) in [4.78, 5) is 30.1. The molecule has 2 aliphatic heterocycles. The van der Waals surface area contributed by atoms with Crippen molar-refractivity contribution < 1.29 is 4.79 Å². The standard InChI is InChI=1S/C21H29N5O2/c1-16-18(20(27)26(23(16)2)17-8-4-3-5-9-17)14-24-13-10-22-19(15-24)21(28)25-11-6-7-12-25/h3-5,8-9,19,22H,6-7,10-15H2,1-2H3/t19-/m0/s1. The molecule has 1 aromatic carbocycles. The first-order valence-corrected chi connectivity index (χ1v) is 10.1. The molecule has 7 nitrogen and oxygen atoms in total. The van der Waals surface area contributed by atoms with Crippen LogP contribution >= 0.6 is 0 Å². The van der Waals surface area contributed by atoms with E-state index in [1.54, 1.807) is 4.68 Å². The molecular weight excluding hydrogens is 354 g/mol. The second kappa shape index (κ2) is 7.93. The Bertz CT molecular complexity index is 896. The van der Waals surface area contributed by atoms with Gasteiger partial charge < -0.3 is 10.2 Å². The number of rotatable bonds is 4. The Morgan fingerprint density at radius 2 is 1.86 bits per heavy atom. The summed E-state index contributed by atoms with van der Waals surface area (Å²) < 4.78 is 3.64. The lowest BCUT2D eigenvalue weighted by Gasteiger charge is -2.34. The van der Waals surface area contributed by atoms with Crippen LogP contribution in [0.2, 0.25) is 0 Å². The molecule has 0 bridgehead atoms. The number of benzene rings is 1. The Labute approximate surface area is 165 Å². The summed E-state index contributed by atoms with van der Waals surface area (Å²) in [6.07, 6.45) is 2.20. The smallest absolute Gasteiger partial charge is 0.276 e. The van der Waals surface area contributed by atoms with Crippen LogP contribution in [0.25, 0.3) is 5.69 Å². The highest BCUT2D eigenvalue weighted by atomic mass is 16.2. The predicted octanol–water partition coefficient (Wildman–Crippen LogP) is 0.881. The van der Waals surface area contributed by atoms with Crippen LogP contribution in [-0.4, -0.2) is 63.8 Å². The van der Waals surface area contributed by atoms with E-state index in [1.807, 2.05) is 53.9 Å². The van der Waals surface area contributed by atoms with Gasteiger partial charge in [0.25, 0.3) is 5.56 Å². The third-order valence-corrected chi connectivity index (χ3v) is 6.03. The van der Waals surface area contributed by atoms with Gasteiger partial charge in [0.1, 0.15) is 0 Å². The molecule has 2 aromatic rings. The summed E-state index contributed by atoms with van der Waals surface area (Å²) in [5.74, 6) is 0.202. The summed E-state index contributed by atoms with van der Waals surface area (Å²) in [5.41, 5.74) is 2.66. The van der Waals surface area contributed by atoms with Gasteiger partial charge in [0.2, 0.25) is 5.91 Å². The van der Waals surface area contributed by atoms with Crippen molar-refractivity contribution >= 4 is 5.91 Å². The monoisotopic (exact) mass is 383 g/mol. The Balaban J connectivity index is 1.53. The van der Waals surface area contributed by atoms with E-state index in [0.717, 1.165) is 56.0 Å². The lowest BCUT2D eigenvalue weighted by atomic mass is 10.1. The summed E-state index contributed by atoms with van der Waals surface area (Å²) in [6.45, 7) is 6.56. The van der Waals surface area contributed by atoms with Crippen molar-refractivity contribution in [1.29, 1.82) is 0 Å². The third-order valence-electron chi connectivity index (χ3n) is 6.03. The zero-order chi connectivity index (χ0) is 19.7. The molecule has 2 saturated heterocycles. The van der Waals surface area contributed by atoms with E-state index in [2.05, 4.69) is 10.2 Å². The Kier molecular flexibility index (Phi) is 5.37. The quantitative estimate of drug-likeness (QED) is 0.852. The molecule has 0 radical (unpaired) electrons. The first-order chi connectivity index (χ1) is 13.6. The van der Waals surface area contributed by atoms with Crippen LogP contribution in [0.4, 0.5) is 0 Å². The van der Waals surface area contributed by atoms with Gasteiger partial charge in [-0.25, -0.2) is 4.68 Å². The number of nitrogens with zero attached hydrogens (tertiary/aromatic N) is 4. The SMILES string of the molecule is Cc1c(CN2CCN[C@H](C(=O)N3CCCC3)C2)c(=O)n(-c2ccccc2)n1C. The van der Waals surface area contributed by atoms with Crippen LogP contribution in [0.1, 0.15) is 24.1 Å². The maximum atomic E-state index is 13.1. The molecule has 2 fully saturated rings. The molecule has 0 unspecified atom stereocenters. The number of hydrogen-bond acceptors (Lipinski definition) is 4. The fraction of sp³-hybridized carbons (Fsp3) is 0.524. The van der Waals surface area contributed by atoms with E-state index in [-0.39, 0.29) is 17.5 Å². The number of para-hydroxylation sites is 1. The van der Waals surface area contributed by atoms with Crippen molar-refractivity contribution in [2.45, 2.75) is 32.4 Å². The lowest BCUT2D eigenvalue weighted by molar-refractivity contribution is -0.133. The van der Waals surface area contributed by atoms with Gasteiger partial charge >= 0.3 is 0 Å². The maximum absolute atomic E-state index is 13.1. The van der Waals surface area contributed by atoms with Crippen LogP contribution in [0.3, 0.4) is 0 Å². The minimum atomic E-state index is -0.174. The average molecular weight is 383 g/mol. The van der Waals surface area contributed by atoms with E-state index < -0.39 is 0 Å². The number of aromatic nitrogens is 2. The highest BCUT2D eigenvalue weighted by molar-refractivity contribution is 5.82. The second-order valence-electron chi connectivity index (χ2n) is 7.81. The van der Waals surface area contributed by atoms with Crippen molar-refractivity contribution in [1.82, 2.24) is 24.5 Å². The van der Waals surface area contributed by atoms with E-state index in [1.165, 1.54) is 0 Å². The van der Waals surface area contributed by atoms with Crippen LogP contribution in [-0.2, 0) is 18.4 Å². The minimum absolute atomic E-state index is 0.0205. The molecule has 1 atom stereocenters. The molecular formula is C21H29N5O2. The van der Waals surface area contributed by atoms with E-state index in [9.17, 15) is 9.59 Å². The molecule has 3 heterocycles. The fourth-order valence-corrected chi connectivity index (χ4v) is 4.31. The molecule has 150 valence electrons. The summed E-state index contributed by atoms with van der Waals surface area (Å²) in [7, 11) is 1.92. The van der Waals surface area contributed by atoms with Crippen LogP contribution in [0, 0.1) is 6.92 Å². The van der Waals surface area contributed by atoms with Gasteiger partial charge in [-0.1, -0.05) is 18.2 Å². The van der Waals surface area contributed by atoms with Gasteiger partial charge in [0.15, 0.2) is 0 Å². The average Bonchev–Trinajstić information content (AvgIpc) is 3.32. The topological polar surface area (TPSA) is 62.5 Å². The van der Waals surface area contributed by atoms with Gasteiger partial charge in [0.05, 0.1) is 17.3 Å². The van der Waals surface area contributed by atoms with Crippen LogP contribution < -0.4 is 10.9 Å². The van der Waals surface area contributed by atoms with Crippen molar-refractivity contribution in [2.75, 3.05) is 32.7 Å². The number of carbonyl (C=O) groups excluding carboxylic acids is 1. The number of likely N-dealkylation sites (tertiary alicyclic amines) is 1. The van der Waals surface area contributed by atoms with Crippen LogP contribution in [0.15, 0.2) is 35.1 Å². The normalized spacial score (nSPS) is 20.6. The first kappa shape index (κ1) is 19.0. The summed E-state index contributed by atoms with van der Waals surface area (Å²) >= 11 is 0. The molecule has 2 aliphatic rings. The Morgan fingerprint density at radius 1 is 1.14 bits per heavy atom. The van der Waals surface area contributed by atoms with Crippen LogP contribution in [0.5, 0.6) is 0 Å². The van der Waals surface area contributed by atoms with Gasteiger partial charge in [-0.3, -0.25) is 19.2 Å². The maximum Gasteiger partial charge on any atom is 0.276 e. The Morgan fingerprint density at radius 3 is 2.57 bits per heavy atom. The molecule has 28 heavy (non-hydrogen) atoms. The fourth-order valence-electron chi connectivity index (χ4n) is 4.31. The minimum Gasteiger partial charge on any atom is -0.341 e. The largest absolute Gasteiger partial charge is 0.341 e. The van der Waals surface area contributed by atoms with Crippen molar-refractivity contribution in [3.05, 3.63) is 51.9 Å². The van der Waals surface area contributed by atoms with E-state index in [0.29, 0.717) is 13.1 Å². The number of carbonyl (C=O) groups is 1. The molecule has 0 saturated carbocycles. The third kappa shape index (κ3) is 3.52. The molecule has 1 amide bonds.